The SMILES string of the molecule is CC(C)(F)c1ccnc(-c2ccc(C(=O)NCCc3cccnc3)cc2)c1. The van der Waals surface area contributed by atoms with Crippen LogP contribution in [-0.4, -0.2) is 22.4 Å². The second-order valence-electron chi connectivity index (χ2n) is 6.85. The molecule has 0 unspecified atom stereocenters. The van der Waals surface area contributed by atoms with Crippen LogP contribution in [0.3, 0.4) is 0 Å². The van der Waals surface area contributed by atoms with Crippen molar-refractivity contribution in [2.24, 2.45) is 0 Å². The van der Waals surface area contributed by atoms with Crippen molar-refractivity contribution in [3.8, 4) is 11.3 Å². The van der Waals surface area contributed by atoms with Gasteiger partial charge < -0.3 is 5.32 Å². The topological polar surface area (TPSA) is 54.9 Å². The third-order valence-corrected chi connectivity index (χ3v) is 4.31. The highest BCUT2D eigenvalue weighted by Gasteiger charge is 2.19. The summed E-state index contributed by atoms with van der Waals surface area (Å²) in [7, 11) is 0. The summed E-state index contributed by atoms with van der Waals surface area (Å²) in [6.45, 7) is 3.58. The van der Waals surface area contributed by atoms with Gasteiger partial charge in [0.05, 0.1) is 5.69 Å². The fraction of sp³-hybridized carbons (Fsp3) is 0.227. The first-order valence-electron chi connectivity index (χ1n) is 8.86. The number of alkyl halides is 1. The number of nitrogens with zero attached hydrogens (tertiary/aromatic N) is 2. The Morgan fingerprint density at radius 2 is 1.89 bits per heavy atom. The summed E-state index contributed by atoms with van der Waals surface area (Å²) < 4.78 is 14.1. The van der Waals surface area contributed by atoms with E-state index in [0.29, 0.717) is 23.4 Å². The van der Waals surface area contributed by atoms with Crippen LogP contribution in [0.4, 0.5) is 4.39 Å². The molecular formula is C22H22FN3O. The molecule has 2 heterocycles. The van der Waals surface area contributed by atoms with Crippen molar-refractivity contribution < 1.29 is 9.18 Å². The van der Waals surface area contributed by atoms with Crippen LogP contribution in [0.15, 0.2) is 67.1 Å². The Balaban J connectivity index is 1.64. The Bertz CT molecular complexity index is 903. The van der Waals surface area contributed by atoms with Crippen molar-refractivity contribution in [1.82, 2.24) is 15.3 Å². The molecule has 0 radical (unpaired) electrons. The minimum atomic E-state index is -1.42. The zero-order valence-corrected chi connectivity index (χ0v) is 15.4. The van der Waals surface area contributed by atoms with Gasteiger partial charge in [-0.05, 0) is 61.7 Å². The Morgan fingerprint density at radius 1 is 1.11 bits per heavy atom. The molecule has 0 saturated heterocycles. The van der Waals surface area contributed by atoms with Crippen molar-refractivity contribution in [3.05, 3.63) is 83.8 Å². The summed E-state index contributed by atoms with van der Waals surface area (Å²) in [5.41, 5.74) is 2.33. The standard InChI is InChI=1S/C22H22FN3O/c1-22(2,23)19-10-13-25-20(14-19)17-5-7-18(8-6-17)21(27)26-12-9-16-4-3-11-24-15-16/h3-8,10-11,13-15H,9,12H2,1-2H3,(H,26,27). The minimum Gasteiger partial charge on any atom is -0.352 e. The number of halogens is 1. The molecule has 0 aliphatic heterocycles. The minimum absolute atomic E-state index is 0.128. The fourth-order valence-electron chi connectivity index (χ4n) is 2.72. The van der Waals surface area contributed by atoms with Crippen molar-refractivity contribution >= 4 is 5.91 Å². The van der Waals surface area contributed by atoms with Crippen molar-refractivity contribution in [3.63, 3.8) is 0 Å². The van der Waals surface area contributed by atoms with Gasteiger partial charge in [0, 0.05) is 36.3 Å². The predicted molar refractivity (Wildman–Crippen MR) is 104 cm³/mol. The largest absolute Gasteiger partial charge is 0.352 e. The number of nitrogens with one attached hydrogen (secondary N) is 1. The van der Waals surface area contributed by atoms with E-state index in [4.69, 9.17) is 0 Å². The number of carbonyl (C=O) groups excluding carboxylic acids is 1. The molecule has 3 aromatic rings. The van der Waals surface area contributed by atoms with E-state index in [1.54, 1.807) is 42.9 Å². The monoisotopic (exact) mass is 363 g/mol. The zero-order chi connectivity index (χ0) is 19.3. The van der Waals surface area contributed by atoms with E-state index in [9.17, 15) is 9.18 Å². The number of hydrogen-bond acceptors (Lipinski definition) is 3. The number of carbonyl (C=O) groups is 1. The molecule has 0 saturated carbocycles. The smallest absolute Gasteiger partial charge is 0.251 e. The van der Waals surface area contributed by atoms with Gasteiger partial charge in [-0.25, -0.2) is 4.39 Å². The first-order valence-corrected chi connectivity index (χ1v) is 8.86. The maximum absolute atomic E-state index is 14.1. The van der Waals surface area contributed by atoms with Crippen LogP contribution in [0.25, 0.3) is 11.3 Å². The number of benzene rings is 1. The molecule has 138 valence electrons. The molecule has 4 nitrogen and oxygen atoms in total. The first-order chi connectivity index (χ1) is 12.9. The van der Waals surface area contributed by atoms with Crippen molar-refractivity contribution in [2.75, 3.05) is 6.54 Å². The maximum atomic E-state index is 14.1. The van der Waals surface area contributed by atoms with Crippen LogP contribution in [0.5, 0.6) is 0 Å². The van der Waals surface area contributed by atoms with Gasteiger partial charge in [-0.3, -0.25) is 14.8 Å². The lowest BCUT2D eigenvalue weighted by molar-refractivity contribution is 0.0954. The van der Waals surface area contributed by atoms with Gasteiger partial charge >= 0.3 is 0 Å². The lowest BCUT2D eigenvalue weighted by Crippen LogP contribution is -2.25. The molecule has 27 heavy (non-hydrogen) atoms. The average molecular weight is 363 g/mol. The first kappa shape index (κ1) is 18.7. The summed E-state index contributed by atoms with van der Waals surface area (Å²) in [4.78, 5) is 20.6. The van der Waals surface area contributed by atoms with Gasteiger partial charge in [0.15, 0.2) is 0 Å². The highest BCUT2D eigenvalue weighted by molar-refractivity contribution is 5.94. The van der Waals surface area contributed by atoms with Crippen LogP contribution in [0, 0.1) is 0 Å². The van der Waals surface area contributed by atoms with E-state index < -0.39 is 5.67 Å². The van der Waals surface area contributed by atoms with Crippen LogP contribution < -0.4 is 5.32 Å². The lowest BCUT2D eigenvalue weighted by atomic mass is 9.98. The normalized spacial score (nSPS) is 11.2. The molecule has 0 bridgehead atoms. The lowest BCUT2D eigenvalue weighted by Gasteiger charge is -2.15. The molecule has 1 amide bonds. The van der Waals surface area contributed by atoms with Gasteiger partial charge in [0.1, 0.15) is 5.67 Å². The molecule has 2 aromatic heterocycles. The molecule has 0 atom stereocenters. The van der Waals surface area contributed by atoms with Crippen LogP contribution in [0.2, 0.25) is 0 Å². The summed E-state index contributed by atoms with van der Waals surface area (Å²) in [5, 5.41) is 2.90. The molecule has 0 fully saturated rings. The van der Waals surface area contributed by atoms with Gasteiger partial charge in [-0.1, -0.05) is 18.2 Å². The predicted octanol–water partition coefficient (Wildman–Crippen LogP) is 4.32. The van der Waals surface area contributed by atoms with Crippen LogP contribution >= 0.6 is 0 Å². The van der Waals surface area contributed by atoms with Crippen LogP contribution in [-0.2, 0) is 12.1 Å². The zero-order valence-electron chi connectivity index (χ0n) is 15.4. The second-order valence-corrected chi connectivity index (χ2v) is 6.85. The summed E-state index contributed by atoms with van der Waals surface area (Å²) >= 11 is 0. The summed E-state index contributed by atoms with van der Waals surface area (Å²) in [6, 6.07) is 14.4. The molecule has 3 rings (SSSR count). The Morgan fingerprint density at radius 3 is 2.56 bits per heavy atom. The van der Waals surface area contributed by atoms with Crippen molar-refractivity contribution in [1.29, 1.82) is 0 Å². The van der Waals surface area contributed by atoms with Crippen LogP contribution in [0.1, 0.15) is 35.3 Å². The molecular weight excluding hydrogens is 341 g/mol. The van der Waals surface area contributed by atoms with E-state index >= 15 is 0 Å². The molecule has 1 aromatic carbocycles. The third-order valence-electron chi connectivity index (χ3n) is 4.31. The van der Waals surface area contributed by atoms with E-state index in [1.807, 2.05) is 24.3 Å². The van der Waals surface area contributed by atoms with E-state index in [1.165, 1.54) is 13.8 Å². The second kappa shape index (κ2) is 8.08. The van der Waals surface area contributed by atoms with Gasteiger partial charge in [-0.2, -0.15) is 0 Å². The highest BCUT2D eigenvalue weighted by atomic mass is 19.1. The third kappa shape index (κ3) is 4.97. The van der Waals surface area contributed by atoms with Gasteiger partial charge in [-0.15, -0.1) is 0 Å². The molecule has 5 heteroatoms. The highest BCUT2D eigenvalue weighted by Crippen LogP contribution is 2.27. The molecule has 0 spiro atoms. The number of rotatable bonds is 6. The summed E-state index contributed by atoms with van der Waals surface area (Å²) in [6.07, 6.45) is 5.85. The number of amides is 1. The van der Waals surface area contributed by atoms with E-state index in [0.717, 1.165) is 17.5 Å². The molecule has 0 aliphatic rings. The fourth-order valence-corrected chi connectivity index (χ4v) is 2.72. The Hall–Kier alpha value is -3.08. The number of aromatic nitrogens is 2. The van der Waals surface area contributed by atoms with E-state index in [2.05, 4.69) is 15.3 Å². The summed E-state index contributed by atoms with van der Waals surface area (Å²) in [5.74, 6) is -0.128. The van der Waals surface area contributed by atoms with Crippen molar-refractivity contribution in [2.45, 2.75) is 25.9 Å². The van der Waals surface area contributed by atoms with E-state index in [-0.39, 0.29) is 5.91 Å². The Kier molecular flexibility index (Phi) is 5.60. The van der Waals surface area contributed by atoms with Gasteiger partial charge in [0.25, 0.3) is 5.91 Å². The molecule has 1 N–H and O–H groups in total. The quantitative estimate of drug-likeness (QED) is 0.710. The number of hydrogen-bond donors (Lipinski definition) is 1. The van der Waals surface area contributed by atoms with Gasteiger partial charge in [0.2, 0.25) is 0 Å². The molecule has 0 aliphatic carbocycles. The average Bonchev–Trinajstić information content (AvgIpc) is 2.68. The number of pyridine rings is 2. The maximum Gasteiger partial charge on any atom is 0.251 e. The Labute approximate surface area is 158 Å².